The fraction of sp³-hybridized carbons (Fsp3) is 0.538. The lowest BCUT2D eigenvalue weighted by Gasteiger charge is -2.25. The topological polar surface area (TPSA) is 41.9 Å². The number of aliphatic hydroxyl groups is 1. The van der Waals surface area contributed by atoms with Crippen molar-refractivity contribution in [3.8, 4) is 11.5 Å². The first-order valence-electron chi connectivity index (χ1n) is 5.94. The van der Waals surface area contributed by atoms with E-state index in [2.05, 4.69) is 11.8 Å². The van der Waals surface area contributed by atoms with E-state index in [1.54, 1.807) is 0 Å². The second kappa shape index (κ2) is 5.27. The van der Waals surface area contributed by atoms with Crippen molar-refractivity contribution in [2.24, 2.45) is 0 Å². The Hall–Kier alpha value is -1.42. The minimum absolute atomic E-state index is 0.216. The fourth-order valence-corrected chi connectivity index (χ4v) is 2.02. The highest BCUT2D eigenvalue weighted by Gasteiger charge is 2.15. The highest BCUT2D eigenvalue weighted by Crippen LogP contribution is 2.36. The maximum absolute atomic E-state index is 8.85. The van der Waals surface area contributed by atoms with E-state index in [1.165, 1.54) is 0 Å². The molecule has 0 radical (unpaired) electrons. The maximum Gasteiger partial charge on any atom is 0.163 e. The Morgan fingerprint density at radius 3 is 2.53 bits per heavy atom. The van der Waals surface area contributed by atoms with Crippen LogP contribution in [0, 0.1) is 6.92 Å². The van der Waals surface area contributed by atoms with Gasteiger partial charge in [-0.2, -0.15) is 0 Å². The quantitative estimate of drug-likeness (QED) is 0.863. The number of aryl methyl sites for hydroxylation is 1. The minimum Gasteiger partial charge on any atom is -0.486 e. The Morgan fingerprint density at radius 2 is 1.88 bits per heavy atom. The van der Waals surface area contributed by atoms with Gasteiger partial charge in [0.25, 0.3) is 0 Å². The smallest absolute Gasteiger partial charge is 0.163 e. The van der Waals surface area contributed by atoms with Crippen LogP contribution in [0.2, 0.25) is 0 Å². The number of rotatable bonds is 4. The van der Waals surface area contributed by atoms with Crippen LogP contribution < -0.4 is 14.4 Å². The third kappa shape index (κ3) is 2.64. The monoisotopic (exact) mass is 237 g/mol. The molecular weight excluding hydrogens is 218 g/mol. The molecule has 94 valence electrons. The minimum atomic E-state index is 0.216. The highest BCUT2D eigenvalue weighted by molar-refractivity contribution is 5.61. The average Bonchev–Trinajstić information content (AvgIpc) is 2.35. The van der Waals surface area contributed by atoms with Crippen LogP contribution >= 0.6 is 0 Å². The molecule has 1 aromatic carbocycles. The molecule has 0 saturated carbocycles. The normalized spacial score (nSPS) is 13.6. The van der Waals surface area contributed by atoms with E-state index in [0.29, 0.717) is 13.2 Å². The Balaban J connectivity index is 2.22. The van der Waals surface area contributed by atoms with Crippen LogP contribution in [0.5, 0.6) is 11.5 Å². The summed E-state index contributed by atoms with van der Waals surface area (Å²) in [5.74, 6) is 1.64. The van der Waals surface area contributed by atoms with Gasteiger partial charge in [-0.15, -0.1) is 0 Å². The SMILES string of the molecule is Cc1cc2c(cc1N(C)CCCO)OCCO2. The standard InChI is InChI=1S/C13H19NO3/c1-10-8-12-13(17-7-6-16-12)9-11(10)14(2)4-3-5-15/h8-9,15H,3-7H2,1-2H3. The molecule has 0 atom stereocenters. The molecule has 0 amide bonds. The number of ether oxygens (including phenoxy) is 2. The van der Waals surface area contributed by atoms with E-state index in [1.807, 2.05) is 19.2 Å². The molecule has 0 unspecified atom stereocenters. The van der Waals surface area contributed by atoms with Crippen molar-refractivity contribution >= 4 is 5.69 Å². The predicted octanol–water partition coefficient (Wildman–Crippen LogP) is 1.58. The second-order valence-electron chi connectivity index (χ2n) is 4.28. The summed E-state index contributed by atoms with van der Waals surface area (Å²) in [5.41, 5.74) is 2.29. The molecule has 0 aromatic heterocycles. The van der Waals surface area contributed by atoms with Crippen LogP contribution in [0.25, 0.3) is 0 Å². The van der Waals surface area contributed by atoms with E-state index < -0.39 is 0 Å². The number of benzene rings is 1. The van der Waals surface area contributed by atoms with Crippen molar-refractivity contribution in [3.63, 3.8) is 0 Å². The van der Waals surface area contributed by atoms with Crippen molar-refractivity contribution < 1.29 is 14.6 Å². The molecule has 0 saturated heterocycles. The van der Waals surface area contributed by atoms with E-state index in [-0.39, 0.29) is 6.61 Å². The van der Waals surface area contributed by atoms with E-state index in [0.717, 1.165) is 35.7 Å². The van der Waals surface area contributed by atoms with Crippen LogP contribution in [0.3, 0.4) is 0 Å². The summed E-state index contributed by atoms with van der Waals surface area (Å²) in [5, 5.41) is 8.85. The molecule has 0 fully saturated rings. The summed E-state index contributed by atoms with van der Waals surface area (Å²) in [6.45, 7) is 4.33. The van der Waals surface area contributed by atoms with Crippen LogP contribution in [-0.4, -0.2) is 38.5 Å². The average molecular weight is 237 g/mol. The number of fused-ring (bicyclic) bond motifs is 1. The molecule has 1 aliphatic heterocycles. The van der Waals surface area contributed by atoms with Gasteiger partial charge in [-0.1, -0.05) is 0 Å². The first-order chi connectivity index (χ1) is 8.22. The molecule has 1 aromatic rings. The fourth-order valence-electron chi connectivity index (χ4n) is 2.02. The number of hydrogen-bond acceptors (Lipinski definition) is 4. The van der Waals surface area contributed by atoms with Crippen molar-refractivity contribution in [1.82, 2.24) is 0 Å². The first-order valence-corrected chi connectivity index (χ1v) is 5.94. The molecule has 1 aliphatic rings. The van der Waals surface area contributed by atoms with Crippen LogP contribution in [0.4, 0.5) is 5.69 Å². The zero-order valence-electron chi connectivity index (χ0n) is 10.4. The molecular formula is C13H19NO3. The van der Waals surface area contributed by atoms with Gasteiger partial charge in [0, 0.05) is 32.0 Å². The Morgan fingerprint density at radius 1 is 1.24 bits per heavy atom. The van der Waals surface area contributed by atoms with Gasteiger partial charge >= 0.3 is 0 Å². The van der Waals surface area contributed by atoms with Gasteiger partial charge in [0.1, 0.15) is 13.2 Å². The van der Waals surface area contributed by atoms with Crippen molar-refractivity contribution in [3.05, 3.63) is 17.7 Å². The summed E-state index contributed by atoms with van der Waals surface area (Å²) < 4.78 is 11.1. The van der Waals surface area contributed by atoms with Gasteiger partial charge in [-0.05, 0) is 25.0 Å². The molecule has 1 N–H and O–H groups in total. The first kappa shape index (κ1) is 12.0. The summed E-state index contributed by atoms with van der Waals surface area (Å²) in [6.07, 6.45) is 0.768. The van der Waals surface area contributed by atoms with E-state index >= 15 is 0 Å². The molecule has 17 heavy (non-hydrogen) atoms. The van der Waals surface area contributed by atoms with Gasteiger partial charge < -0.3 is 19.5 Å². The Bertz CT molecular complexity index is 392. The second-order valence-corrected chi connectivity index (χ2v) is 4.28. The molecule has 0 spiro atoms. The number of hydrogen-bond donors (Lipinski definition) is 1. The van der Waals surface area contributed by atoms with Crippen LogP contribution in [-0.2, 0) is 0 Å². The predicted molar refractivity (Wildman–Crippen MR) is 67.1 cm³/mol. The zero-order valence-corrected chi connectivity index (χ0v) is 10.4. The van der Waals surface area contributed by atoms with Crippen molar-refractivity contribution in [1.29, 1.82) is 0 Å². The highest BCUT2D eigenvalue weighted by atomic mass is 16.6. The lowest BCUT2D eigenvalue weighted by Crippen LogP contribution is -2.21. The lowest BCUT2D eigenvalue weighted by molar-refractivity contribution is 0.171. The number of nitrogens with zero attached hydrogens (tertiary/aromatic N) is 1. The molecule has 1 heterocycles. The lowest BCUT2D eigenvalue weighted by atomic mass is 10.1. The molecule has 4 nitrogen and oxygen atoms in total. The third-order valence-corrected chi connectivity index (χ3v) is 2.92. The van der Waals surface area contributed by atoms with Crippen LogP contribution in [0.15, 0.2) is 12.1 Å². The summed E-state index contributed by atoms with van der Waals surface area (Å²) in [7, 11) is 2.02. The summed E-state index contributed by atoms with van der Waals surface area (Å²) >= 11 is 0. The van der Waals surface area contributed by atoms with E-state index in [4.69, 9.17) is 14.6 Å². The van der Waals surface area contributed by atoms with Gasteiger partial charge in [-0.3, -0.25) is 0 Å². The molecule has 4 heteroatoms. The third-order valence-electron chi connectivity index (χ3n) is 2.92. The van der Waals surface area contributed by atoms with Crippen LogP contribution in [0.1, 0.15) is 12.0 Å². The largest absolute Gasteiger partial charge is 0.486 e. The number of aliphatic hydroxyl groups excluding tert-OH is 1. The zero-order chi connectivity index (χ0) is 12.3. The number of anilines is 1. The summed E-state index contributed by atoms with van der Waals surface area (Å²) in [6, 6.07) is 4.03. The Labute approximate surface area is 102 Å². The molecule has 0 bridgehead atoms. The van der Waals surface area contributed by atoms with Crippen molar-refractivity contribution in [2.45, 2.75) is 13.3 Å². The van der Waals surface area contributed by atoms with Gasteiger partial charge in [0.05, 0.1) is 0 Å². The maximum atomic E-state index is 8.85. The summed E-state index contributed by atoms with van der Waals surface area (Å²) in [4.78, 5) is 2.13. The van der Waals surface area contributed by atoms with Gasteiger partial charge in [0.2, 0.25) is 0 Å². The van der Waals surface area contributed by atoms with Gasteiger partial charge in [-0.25, -0.2) is 0 Å². The Kier molecular flexibility index (Phi) is 3.74. The molecule has 0 aliphatic carbocycles. The van der Waals surface area contributed by atoms with E-state index in [9.17, 15) is 0 Å². The molecule has 2 rings (SSSR count). The van der Waals surface area contributed by atoms with Gasteiger partial charge in [0.15, 0.2) is 11.5 Å². The van der Waals surface area contributed by atoms with Crippen molar-refractivity contribution in [2.75, 3.05) is 38.3 Å².